The Morgan fingerprint density at radius 1 is 1.19 bits per heavy atom. The average Bonchev–Trinajstić information content (AvgIpc) is 3.16. The van der Waals surface area contributed by atoms with Crippen LogP contribution in [0.25, 0.3) is 5.69 Å². The Bertz CT molecular complexity index is 1260. The molecule has 0 unspecified atom stereocenters. The summed E-state index contributed by atoms with van der Waals surface area (Å²) in [5.74, 6) is -0.00205. The molecular weight excluding hydrogens is 475 g/mol. The predicted molar refractivity (Wildman–Crippen MR) is 143 cm³/mol. The maximum Gasteiger partial charge on any atom is 0.240 e. The zero-order chi connectivity index (χ0) is 26.0. The smallest absolute Gasteiger partial charge is 0.240 e. The molecule has 1 aliphatic heterocycles. The van der Waals surface area contributed by atoms with Crippen molar-refractivity contribution < 1.29 is 14.0 Å². The minimum absolute atomic E-state index is 0.108. The molecule has 8 heteroatoms. The molecule has 0 radical (unpaired) electrons. The largest absolute Gasteiger partial charge is 0.355 e. The Morgan fingerprint density at radius 2 is 1.92 bits per heavy atom. The number of benzene rings is 2. The van der Waals surface area contributed by atoms with E-state index in [0.717, 1.165) is 34.5 Å². The highest BCUT2D eigenvalue weighted by atomic mass is 32.2. The van der Waals surface area contributed by atoms with Crippen molar-refractivity contribution in [2.24, 2.45) is 0 Å². The molecular formula is C28H33FN4O2S. The Morgan fingerprint density at radius 3 is 2.56 bits per heavy atom. The van der Waals surface area contributed by atoms with Crippen LogP contribution >= 0.6 is 11.8 Å². The number of anilines is 1. The van der Waals surface area contributed by atoms with Crippen molar-refractivity contribution in [3.8, 4) is 5.69 Å². The summed E-state index contributed by atoms with van der Waals surface area (Å²) < 4.78 is 16.1. The first-order chi connectivity index (χ1) is 17.1. The van der Waals surface area contributed by atoms with E-state index in [1.54, 1.807) is 15.6 Å². The standard InChI is InChI=1S/C28H33FN4O2S/c1-6-14-30-22(34)16-32-23(35)17-36-25(19-8-7-9-20(29)15-19)24-26(28(3,4)5)31-33(27(24)32)21-12-10-18(2)11-13-21/h7-13,15,25H,6,14,16-17H2,1-5H3,(H,30,34)/t25-/m0/s1. The molecule has 2 aromatic carbocycles. The molecule has 1 atom stereocenters. The lowest BCUT2D eigenvalue weighted by Gasteiger charge is -2.24. The number of aromatic nitrogens is 2. The summed E-state index contributed by atoms with van der Waals surface area (Å²) in [5.41, 5.74) is 3.95. The van der Waals surface area contributed by atoms with E-state index in [2.05, 4.69) is 26.1 Å². The molecule has 0 saturated carbocycles. The Kier molecular flexibility index (Phi) is 7.54. The Balaban J connectivity index is 1.99. The van der Waals surface area contributed by atoms with Crippen LogP contribution in [0.2, 0.25) is 0 Å². The number of rotatable bonds is 6. The highest BCUT2D eigenvalue weighted by Gasteiger charge is 2.40. The van der Waals surface area contributed by atoms with E-state index in [1.807, 2.05) is 44.2 Å². The molecule has 2 amide bonds. The third kappa shape index (κ3) is 5.33. The second-order valence-corrected chi connectivity index (χ2v) is 11.3. The fourth-order valence-corrected chi connectivity index (χ4v) is 5.52. The lowest BCUT2D eigenvalue weighted by molar-refractivity contribution is -0.122. The van der Waals surface area contributed by atoms with E-state index in [9.17, 15) is 14.0 Å². The number of halogens is 1. The summed E-state index contributed by atoms with van der Waals surface area (Å²) in [6.45, 7) is 10.7. The number of hydrogen-bond donors (Lipinski definition) is 1. The zero-order valence-electron chi connectivity index (χ0n) is 21.5. The van der Waals surface area contributed by atoms with E-state index >= 15 is 0 Å². The molecule has 0 spiro atoms. The van der Waals surface area contributed by atoms with Gasteiger partial charge >= 0.3 is 0 Å². The van der Waals surface area contributed by atoms with E-state index < -0.39 is 0 Å². The quantitative estimate of drug-likeness (QED) is 0.490. The Labute approximate surface area is 216 Å². The summed E-state index contributed by atoms with van der Waals surface area (Å²) in [6.07, 6.45) is 0.803. The van der Waals surface area contributed by atoms with E-state index in [0.29, 0.717) is 12.4 Å². The minimum atomic E-state index is -0.365. The maximum atomic E-state index is 14.3. The number of carbonyl (C=O) groups excluding carboxylic acids is 2. The van der Waals surface area contributed by atoms with Crippen molar-refractivity contribution in [1.29, 1.82) is 0 Å². The fourth-order valence-electron chi connectivity index (χ4n) is 4.34. The van der Waals surface area contributed by atoms with Gasteiger partial charge in [0.1, 0.15) is 18.2 Å². The first-order valence-electron chi connectivity index (χ1n) is 12.2. The van der Waals surface area contributed by atoms with Gasteiger partial charge in [-0.3, -0.25) is 14.5 Å². The van der Waals surface area contributed by atoms with Crippen LogP contribution in [0.15, 0.2) is 48.5 Å². The minimum Gasteiger partial charge on any atom is -0.355 e. The van der Waals surface area contributed by atoms with Gasteiger partial charge in [0.2, 0.25) is 11.8 Å². The van der Waals surface area contributed by atoms with Gasteiger partial charge in [-0.15, -0.1) is 11.8 Å². The van der Waals surface area contributed by atoms with Gasteiger partial charge in [-0.1, -0.05) is 57.5 Å². The van der Waals surface area contributed by atoms with E-state index in [-0.39, 0.29) is 40.6 Å². The van der Waals surface area contributed by atoms with Gasteiger partial charge in [0.25, 0.3) is 0 Å². The van der Waals surface area contributed by atoms with Gasteiger partial charge in [-0.2, -0.15) is 5.10 Å². The summed E-state index contributed by atoms with van der Waals surface area (Å²) in [4.78, 5) is 27.9. The van der Waals surface area contributed by atoms with Crippen LogP contribution in [0.5, 0.6) is 0 Å². The topological polar surface area (TPSA) is 67.2 Å². The van der Waals surface area contributed by atoms with Crippen molar-refractivity contribution in [2.45, 2.75) is 51.7 Å². The normalized spacial score (nSPS) is 16.0. The molecule has 6 nitrogen and oxygen atoms in total. The molecule has 0 saturated heterocycles. The van der Waals surface area contributed by atoms with Crippen LogP contribution in [-0.4, -0.2) is 40.4 Å². The van der Waals surface area contributed by atoms with Crippen molar-refractivity contribution >= 4 is 29.4 Å². The molecule has 1 aromatic heterocycles. The first kappa shape index (κ1) is 25.9. The first-order valence-corrected chi connectivity index (χ1v) is 13.3. The number of amides is 2. The molecule has 3 aromatic rings. The monoisotopic (exact) mass is 508 g/mol. The van der Waals surface area contributed by atoms with Crippen molar-refractivity contribution in [3.63, 3.8) is 0 Å². The van der Waals surface area contributed by atoms with Crippen LogP contribution < -0.4 is 10.2 Å². The molecule has 1 N–H and O–H groups in total. The third-order valence-corrected chi connectivity index (χ3v) is 7.36. The zero-order valence-corrected chi connectivity index (χ0v) is 22.3. The van der Waals surface area contributed by atoms with Crippen molar-refractivity contribution in [2.75, 3.05) is 23.7 Å². The van der Waals surface area contributed by atoms with Crippen molar-refractivity contribution in [1.82, 2.24) is 15.1 Å². The SMILES string of the molecule is CCCNC(=O)CN1C(=O)CS[C@@H](c2cccc(F)c2)c2c(C(C)(C)C)nn(-c3ccc(C)cc3)c21. The number of hydrogen-bond acceptors (Lipinski definition) is 4. The number of aryl methyl sites for hydroxylation is 1. The maximum absolute atomic E-state index is 14.3. The summed E-state index contributed by atoms with van der Waals surface area (Å²) in [7, 11) is 0. The van der Waals surface area contributed by atoms with Crippen LogP contribution in [0.3, 0.4) is 0 Å². The number of fused-ring (bicyclic) bond motifs is 1. The molecule has 0 bridgehead atoms. The number of nitrogens with zero attached hydrogens (tertiary/aromatic N) is 3. The highest BCUT2D eigenvalue weighted by Crippen LogP contribution is 2.48. The van der Waals surface area contributed by atoms with Crippen LogP contribution in [0.1, 0.15) is 61.7 Å². The summed E-state index contributed by atoms with van der Waals surface area (Å²) in [6, 6.07) is 14.4. The molecule has 2 heterocycles. The van der Waals surface area contributed by atoms with Gasteiger partial charge in [-0.25, -0.2) is 9.07 Å². The Hall–Kier alpha value is -3.13. The van der Waals surface area contributed by atoms with Gasteiger partial charge in [0, 0.05) is 17.5 Å². The van der Waals surface area contributed by atoms with Gasteiger partial charge in [-0.05, 0) is 43.2 Å². The highest BCUT2D eigenvalue weighted by molar-refractivity contribution is 8.00. The third-order valence-electron chi connectivity index (χ3n) is 6.10. The number of carbonyl (C=O) groups is 2. The van der Waals surface area contributed by atoms with Crippen LogP contribution in [0, 0.1) is 12.7 Å². The lowest BCUT2D eigenvalue weighted by atomic mass is 9.87. The van der Waals surface area contributed by atoms with Gasteiger partial charge < -0.3 is 5.32 Å². The van der Waals surface area contributed by atoms with E-state index in [4.69, 9.17) is 5.10 Å². The molecule has 4 rings (SSSR count). The van der Waals surface area contributed by atoms with Crippen molar-refractivity contribution in [3.05, 3.63) is 76.7 Å². The van der Waals surface area contributed by atoms with Gasteiger partial charge in [0.15, 0.2) is 0 Å². The van der Waals surface area contributed by atoms with Crippen LogP contribution in [-0.2, 0) is 15.0 Å². The molecule has 1 aliphatic rings. The molecule has 0 fully saturated rings. The summed E-state index contributed by atoms with van der Waals surface area (Å²) >= 11 is 1.44. The van der Waals surface area contributed by atoms with Gasteiger partial charge in [0.05, 0.1) is 22.4 Å². The predicted octanol–water partition coefficient (Wildman–Crippen LogP) is 5.31. The number of nitrogens with one attached hydrogen (secondary N) is 1. The molecule has 36 heavy (non-hydrogen) atoms. The average molecular weight is 509 g/mol. The van der Waals surface area contributed by atoms with Crippen LogP contribution in [0.4, 0.5) is 10.2 Å². The molecule has 190 valence electrons. The fraction of sp³-hybridized carbons (Fsp3) is 0.393. The molecule has 0 aliphatic carbocycles. The second kappa shape index (κ2) is 10.5. The second-order valence-electron chi connectivity index (χ2n) is 10.2. The van der Waals surface area contributed by atoms with E-state index in [1.165, 1.54) is 23.9 Å². The number of thioether (sulfide) groups is 1. The summed E-state index contributed by atoms with van der Waals surface area (Å²) in [5, 5.41) is 7.61. The lowest BCUT2D eigenvalue weighted by Crippen LogP contribution is -2.42.